The largest absolute Gasteiger partial charge is 0.368 e. The molecule has 21 heavy (non-hydrogen) atoms. The van der Waals surface area contributed by atoms with Crippen LogP contribution in [-0.4, -0.2) is 40.0 Å². The Morgan fingerprint density at radius 1 is 1.10 bits per heavy atom. The highest BCUT2D eigenvalue weighted by Gasteiger charge is 2.18. The minimum absolute atomic E-state index is 0. The van der Waals surface area contributed by atoms with Gasteiger partial charge in [0.05, 0.1) is 11.4 Å². The maximum Gasteiger partial charge on any atom is 0.220 e. The Bertz CT molecular complexity index is 575. The van der Waals surface area contributed by atoms with Gasteiger partial charge in [0.25, 0.3) is 0 Å². The van der Waals surface area contributed by atoms with Crippen LogP contribution in [0.2, 0.25) is 0 Å². The molecule has 109 valence electrons. The molecule has 6 nitrogen and oxygen atoms in total. The Balaban J connectivity index is 0.00000161. The van der Waals surface area contributed by atoms with Gasteiger partial charge in [0, 0.05) is 18.5 Å². The van der Waals surface area contributed by atoms with Crippen molar-refractivity contribution < 1.29 is 0 Å². The maximum atomic E-state index is 5.60. The Kier molecular flexibility index (Phi) is 4.82. The third-order valence-corrected chi connectivity index (χ3v) is 3.91. The van der Waals surface area contributed by atoms with Crippen LogP contribution in [0.5, 0.6) is 0 Å². The standard InChI is InChI=1S/C15H19N5.N/c1-20-8-5-11(6-9-20)12-2-3-13(18-10-12)14-4-7-17-15(16)19-14;/h2-4,7,10-11H,5-6,8-9H2,1H3,(H2,16,17,19);. The Morgan fingerprint density at radius 3 is 2.48 bits per heavy atom. The van der Waals surface area contributed by atoms with Gasteiger partial charge in [0.1, 0.15) is 0 Å². The van der Waals surface area contributed by atoms with Crippen molar-refractivity contribution in [3.8, 4) is 11.4 Å². The summed E-state index contributed by atoms with van der Waals surface area (Å²) in [5, 5.41) is 0. The highest BCUT2D eigenvalue weighted by molar-refractivity contribution is 5.54. The quantitative estimate of drug-likeness (QED) is 0.899. The predicted octanol–water partition coefficient (Wildman–Crippen LogP) is 1.45. The van der Waals surface area contributed by atoms with Crippen molar-refractivity contribution >= 4 is 5.95 Å². The number of nitrogen functional groups attached to an aromatic ring is 1. The third kappa shape index (κ3) is 3.53. The highest BCUT2D eigenvalue weighted by Crippen LogP contribution is 2.27. The molecule has 1 fully saturated rings. The molecule has 0 atom stereocenters. The molecule has 2 aromatic rings. The van der Waals surface area contributed by atoms with Crippen molar-refractivity contribution in [1.82, 2.24) is 26.0 Å². The molecule has 0 amide bonds. The molecule has 3 rings (SSSR count). The lowest BCUT2D eigenvalue weighted by molar-refractivity contribution is 0.255. The van der Waals surface area contributed by atoms with Crippen LogP contribution in [0.4, 0.5) is 5.95 Å². The van der Waals surface area contributed by atoms with Crippen molar-refractivity contribution in [3.63, 3.8) is 0 Å². The monoisotopic (exact) mass is 283 g/mol. The maximum absolute atomic E-state index is 5.60. The van der Waals surface area contributed by atoms with E-state index in [0.29, 0.717) is 5.92 Å². The molecule has 0 saturated carbocycles. The molecule has 1 aliphatic heterocycles. The topological polar surface area (TPSA) is 98.4 Å². The minimum atomic E-state index is 0. The van der Waals surface area contributed by atoms with Crippen molar-refractivity contribution in [1.29, 1.82) is 0 Å². The molecule has 0 spiro atoms. The molecule has 1 aliphatic rings. The summed E-state index contributed by atoms with van der Waals surface area (Å²) >= 11 is 0. The molecule has 3 heterocycles. The molecule has 0 aromatic carbocycles. The van der Waals surface area contributed by atoms with Crippen LogP contribution in [0.3, 0.4) is 0 Å². The van der Waals surface area contributed by atoms with Crippen molar-refractivity contribution in [2.75, 3.05) is 25.9 Å². The Morgan fingerprint density at radius 2 is 1.86 bits per heavy atom. The first kappa shape index (κ1) is 15.3. The van der Waals surface area contributed by atoms with E-state index >= 15 is 0 Å². The van der Waals surface area contributed by atoms with Crippen LogP contribution in [0.1, 0.15) is 24.3 Å². The summed E-state index contributed by atoms with van der Waals surface area (Å²) in [5.74, 6) is 0.909. The molecule has 0 unspecified atom stereocenters. The van der Waals surface area contributed by atoms with Crippen LogP contribution in [0, 0.1) is 0 Å². The number of anilines is 1. The molecular weight excluding hydrogens is 264 g/mol. The number of likely N-dealkylation sites (tertiary alicyclic amines) is 1. The van der Waals surface area contributed by atoms with E-state index in [1.54, 1.807) is 6.20 Å². The van der Waals surface area contributed by atoms with E-state index in [1.807, 2.05) is 18.3 Å². The average molecular weight is 283 g/mol. The fraction of sp³-hybridized carbons (Fsp3) is 0.400. The van der Waals surface area contributed by atoms with E-state index in [0.717, 1.165) is 24.5 Å². The van der Waals surface area contributed by atoms with Gasteiger partial charge in [0.2, 0.25) is 5.95 Å². The van der Waals surface area contributed by atoms with Gasteiger partial charge in [-0.3, -0.25) is 4.98 Å². The fourth-order valence-electron chi connectivity index (χ4n) is 2.66. The molecule has 1 saturated heterocycles. The Hall–Kier alpha value is -2.05. The summed E-state index contributed by atoms with van der Waals surface area (Å²) in [4.78, 5) is 15.0. The smallest absolute Gasteiger partial charge is 0.220 e. The van der Waals surface area contributed by atoms with E-state index in [9.17, 15) is 0 Å². The van der Waals surface area contributed by atoms with Crippen LogP contribution in [-0.2, 0) is 0 Å². The zero-order chi connectivity index (χ0) is 13.9. The first-order valence-electron chi connectivity index (χ1n) is 6.96. The number of aromatic nitrogens is 3. The van der Waals surface area contributed by atoms with Crippen molar-refractivity contribution in [2.24, 2.45) is 0 Å². The van der Waals surface area contributed by atoms with Gasteiger partial charge in [-0.15, -0.1) is 0 Å². The average Bonchev–Trinajstić information content (AvgIpc) is 2.48. The number of pyridine rings is 1. The van der Waals surface area contributed by atoms with Gasteiger partial charge in [0.15, 0.2) is 0 Å². The number of hydrogen-bond donors (Lipinski definition) is 1. The van der Waals surface area contributed by atoms with E-state index in [1.165, 1.54) is 18.4 Å². The van der Waals surface area contributed by atoms with Gasteiger partial charge in [-0.2, -0.15) is 0 Å². The molecule has 0 aliphatic carbocycles. The molecule has 2 N–H and O–H groups in total. The van der Waals surface area contributed by atoms with E-state index in [-0.39, 0.29) is 12.1 Å². The lowest BCUT2D eigenvalue weighted by Crippen LogP contribution is -2.29. The lowest BCUT2D eigenvalue weighted by atomic mass is 9.90. The first-order chi connectivity index (χ1) is 9.72. The second kappa shape index (κ2) is 6.60. The lowest BCUT2D eigenvalue weighted by Gasteiger charge is -2.29. The second-order valence-electron chi connectivity index (χ2n) is 5.35. The van der Waals surface area contributed by atoms with E-state index in [4.69, 9.17) is 5.73 Å². The SMILES string of the molecule is CN1CCC(c2ccc(-c3ccnc(N)n3)nc2)CC1.[N]. The van der Waals surface area contributed by atoms with Gasteiger partial charge < -0.3 is 10.6 Å². The summed E-state index contributed by atoms with van der Waals surface area (Å²) in [6, 6.07) is 6.01. The van der Waals surface area contributed by atoms with Crippen LogP contribution in [0.15, 0.2) is 30.6 Å². The third-order valence-electron chi connectivity index (χ3n) is 3.91. The molecular formula is C15H19N6. The van der Waals surface area contributed by atoms with Gasteiger partial charge >= 0.3 is 0 Å². The van der Waals surface area contributed by atoms with Gasteiger partial charge in [-0.1, -0.05) is 6.07 Å². The normalized spacial score (nSPS) is 16.4. The van der Waals surface area contributed by atoms with Gasteiger partial charge in [-0.25, -0.2) is 9.97 Å². The van der Waals surface area contributed by atoms with E-state index < -0.39 is 0 Å². The molecule has 2 aromatic heterocycles. The van der Waals surface area contributed by atoms with Crippen molar-refractivity contribution in [3.05, 3.63) is 36.2 Å². The second-order valence-corrected chi connectivity index (χ2v) is 5.35. The summed E-state index contributed by atoms with van der Waals surface area (Å²) < 4.78 is 0. The van der Waals surface area contributed by atoms with Crippen LogP contribution >= 0.6 is 0 Å². The summed E-state index contributed by atoms with van der Waals surface area (Å²) in [6.45, 7) is 2.32. The molecule has 0 bridgehead atoms. The van der Waals surface area contributed by atoms with Crippen LogP contribution < -0.4 is 11.9 Å². The zero-order valence-corrected chi connectivity index (χ0v) is 12.1. The Labute approximate surface area is 125 Å². The number of nitrogens with two attached hydrogens (primary N) is 1. The number of piperidine rings is 1. The van der Waals surface area contributed by atoms with Crippen LogP contribution in [0.25, 0.3) is 11.4 Å². The van der Waals surface area contributed by atoms with Gasteiger partial charge in [-0.05, 0) is 56.6 Å². The number of hydrogen-bond acceptors (Lipinski definition) is 5. The summed E-state index contributed by atoms with van der Waals surface area (Å²) in [5.41, 5.74) is 8.54. The summed E-state index contributed by atoms with van der Waals surface area (Å²) in [7, 11) is 2.18. The molecule has 3 radical (unpaired) electrons. The van der Waals surface area contributed by atoms with E-state index in [2.05, 4.69) is 33.0 Å². The predicted molar refractivity (Wildman–Crippen MR) is 81.3 cm³/mol. The zero-order valence-electron chi connectivity index (χ0n) is 12.1. The number of rotatable bonds is 2. The van der Waals surface area contributed by atoms with Crippen molar-refractivity contribution in [2.45, 2.75) is 18.8 Å². The summed E-state index contributed by atoms with van der Waals surface area (Å²) in [6.07, 6.45) is 6.05. The minimum Gasteiger partial charge on any atom is -0.368 e. The first-order valence-corrected chi connectivity index (χ1v) is 6.96. The molecule has 6 heteroatoms. The highest BCUT2D eigenvalue weighted by atomic mass is 15.1. The number of nitrogens with zero attached hydrogens (tertiary/aromatic N) is 5. The fourth-order valence-corrected chi connectivity index (χ4v) is 2.66.